The second kappa shape index (κ2) is 47.5. The van der Waals surface area contributed by atoms with Crippen LogP contribution in [0.1, 0.15) is 175 Å². The fourth-order valence-corrected chi connectivity index (χ4v) is 16.7. The molecule has 3 aromatic carbocycles. The van der Waals surface area contributed by atoms with Crippen LogP contribution in [0.5, 0.6) is 23.0 Å². The van der Waals surface area contributed by atoms with Crippen LogP contribution in [0.2, 0.25) is 36.3 Å². The van der Waals surface area contributed by atoms with E-state index in [0.717, 1.165) is 28.9 Å². The number of nitrogens with zero attached hydrogens (tertiary/aromatic N) is 5. The molecule has 5 aliphatic heterocycles. The van der Waals surface area contributed by atoms with Crippen molar-refractivity contribution in [1.82, 2.24) is 30.7 Å². The molecule has 5 heterocycles. The van der Waals surface area contributed by atoms with E-state index in [4.69, 9.17) is 75.2 Å². The molecule has 35 nitrogen and oxygen atoms in total. The van der Waals surface area contributed by atoms with Crippen LogP contribution < -0.4 is 50.0 Å². The largest absolute Gasteiger partial charge is 0.493 e. The van der Waals surface area contributed by atoms with Crippen molar-refractivity contribution in [3.8, 4) is 23.0 Å². The summed E-state index contributed by atoms with van der Waals surface area (Å²) < 4.78 is 96.5. The quantitative estimate of drug-likeness (QED) is 0.0232. The van der Waals surface area contributed by atoms with E-state index >= 15 is 14.4 Å². The molecule has 1 saturated carbocycles. The standard InChI is InChI=1S/C94H141N9O26Si2/c1-61(2)82(98-79(105)32-37-116-39-41-118-43-45-120-47-49-122-51-52-123-50-48-121-46-44-119-42-40-117-38-33-95-78(104)31-34-99-80(106)29-30-81(99)107)84(109)96-62(3)83(108)97-67-27-25-64(26-28-67)66-54-73-88(129-131(20,21)94(13,14)15)103(90(113)127-92(7,8)9)71-58-77(75(115-17)56-69(71)86(111)101(73)60-66)125-36-22-35-124-76-57-70-68(55-74(76)114-16)85(110)100-59-65(63-23-24-63)53-72(100)87(128-130(18,19)93(10,11)12)102(70)89(112)126-91(4,5)6/h25-30,55-63,72-73,82,87-88H,22-24,31-54H2,1-21H3,(H,95,104)(H,96,109)(H,97,108)(H,98,105)/t62-,72?,73?,82-,87-,88-/m0/s1. The molecule has 1 fully saturated rings. The lowest BCUT2D eigenvalue weighted by Gasteiger charge is -2.44. The first-order chi connectivity index (χ1) is 61.8. The number of imide groups is 1. The topological polar surface area (TPSA) is 383 Å². The zero-order valence-corrected chi connectivity index (χ0v) is 82.5. The van der Waals surface area contributed by atoms with Crippen molar-refractivity contribution in [1.29, 1.82) is 0 Å². The van der Waals surface area contributed by atoms with Crippen molar-refractivity contribution in [3.05, 3.63) is 95.3 Å². The first kappa shape index (κ1) is 105. The summed E-state index contributed by atoms with van der Waals surface area (Å²) in [6.45, 7) is 42.7. The van der Waals surface area contributed by atoms with Crippen LogP contribution in [-0.4, -0.2) is 285 Å². The highest BCUT2D eigenvalue weighted by molar-refractivity contribution is 6.74. The molecular formula is C94H141N9O26Si2. The van der Waals surface area contributed by atoms with Gasteiger partial charge in [-0.25, -0.2) is 19.4 Å². The molecule has 9 rings (SSSR count). The van der Waals surface area contributed by atoms with Crippen LogP contribution in [0, 0.1) is 11.8 Å². The van der Waals surface area contributed by atoms with E-state index in [1.165, 1.54) is 36.2 Å². The van der Waals surface area contributed by atoms with Crippen molar-refractivity contribution in [2.45, 2.75) is 233 Å². The summed E-state index contributed by atoms with van der Waals surface area (Å²) in [5.41, 5.74) is 1.87. The zero-order chi connectivity index (χ0) is 95.9. The Bertz CT molecular complexity index is 4510. The smallest absolute Gasteiger partial charge is 0.417 e. The number of amides is 10. The second-order valence-corrected chi connectivity index (χ2v) is 47.9. The molecule has 131 heavy (non-hydrogen) atoms. The Labute approximate surface area is 773 Å². The van der Waals surface area contributed by atoms with E-state index in [0.29, 0.717) is 116 Å². The Morgan fingerprint density at radius 2 is 0.901 bits per heavy atom. The number of ether oxygens (including phenoxy) is 14. The predicted molar refractivity (Wildman–Crippen MR) is 495 cm³/mol. The zero-order valence-electron chi connectivity index (χ0n) is 80.5. The Balaban J connectivity index is 0.728. The molecule has 6 atom stereocenters. The molecule has 6 aliphatic rings. The lowest BCUT2D eigenvalue weighted by molar-refractivity contribution is -0.137. The van der Waals surface area contributed by atoms with Gasteiger partial charge < -0.3 is 106 Å². The second-order valence-electron chi connectivity index (χ2n) is 38.4. The van der Waals surface area contributed by atoms with E-state index in [-0.39, 0.29) is 139 Å². The van der Waals surface area contributed by atoms with Gasteiger partial charge in [-0.3, -0.25) is 43.3 Å². The molecule has 2 unspecified atom stereocenters. The first-order valence-electron chi connectivity index (χ1n) is 45.4. The summed E-state index contributed by atoms with van der Waals surface area (Å²) >= 11 is 0. The van der Waals surface area contributed by atoms with E-state index in [2.05, 4.69) is 89.0 Å². The van der Waals surface area contributed by atoms with Crippen LogP contribution in [0.15, 0.2) is 78.7 Å². The Hall–Kier alpha value is -9.39. The first-order valence-corrected chi connectivity index (χ1v) is 51.2. The average Bonchev–Trinajstić information content (AvgIpc) is 1.60. The Morgan fingerprint density at radius 3 is 1.31 bits per heavy atom. The number of fused-ring (bicyclic) bond motifs is 4. The number of benzene rings is 3. The van der Waals surface area contributed by atoms with Crippen LogP contribution in [0.4, 0.5) is 26.7 Å². The van der Waals surface area contributed by atoms with Gasteiger partial charge in [0.05, 0.1) is 168 Å². The van der Waals surface area contributed by atoms with Crippen molar-refractivity contribution >= 4 is 98.7 Å². The highest BCUT2D eigenvalue weighted by Crippen LogP contribution is 2.51. The molecule has 4 N–H and O–H groups in total. The molecule has 0 aromatic heterocycles. The molecular weight excluding hydrogens is 1730 g/mol. The number of nitrogens with one attached hydrogen (secondary N) is 4. The average molecular weight is 1870 g/mol. The maximum Gasteiger partial charge on any atom is 0.417 e. The normalized spacial score (nSPS) is 18.1. The maximum absolute atomic E-state index is 15.6. The molecule has 10 amide bonds. The van der Waals surface area contributed by atoms with Crippen LogP contribution in [0.3, 0.4) is 0 Å². The summed E-state index contributed by atoms with van der Waals surface area (Å²) in [5, 5.41) is 10.5. The van der Waals surface area contributed by atoms with Gasteiger partial charge in [0.1, 0.15) is 23.3 Å². The SMILES string of the molecule is COc1cc2c(cc1OCCCOc1cc3c(cc1OC)C(=O)N1C=C(C4CC4)CC1[C@H](O[Si](C)(C)C(C)(C)C)N3C(=O)OC(C)(C)C)N(C(=O)OC(C)(C)C)[C@@H](O[Si](C)(C)C(C)(C)C)C1CC(c3ccc(NC(=O)[C@H](C)NC(=O)[C@@H](NC(=O)CCOCCOCCOCCOCCOCCOCCOCCOCCNC(=O)CCN4C(=O)C=CC4=O)C(C)C)cc3)=CN1C2=O. The number of hydrogen-bond donors (Lipinski definition) is 4. The van der Waals surface area contributed by atoms with Gasteiger partial charge in [0.15, 0.2) is 52.1 Å². The number of methoxy groups -OCH3 is 2. The maximum atomic E-state index is 15.6. The molecule has 3 aromatic rings. The van der Waals surface area contributed by atoms with Gasteiger partial charge in [0.2, 0.25) is 23.6 Å². The van der Waals surface area contributed by atoms with Crippen LogP contribution >= 0.6 is 0 Å². The third kappa shape index (κ3) is 30.1. The van der Waals surface area contributed by atoms with Gasteiger partial charge in [-0.1, -0.05) is 67.5 Å². The molecule has 0 radical (unpaired) electrons. The van der Waals surface area contributed by atoms with Gasteiger partial charge in [-0.2, -0.15) is 0 Å². The fraction of sp³-hybridized carbons (Fsp3) is 0.638. The Morgan fingerprint density at radius 1 is 0.481 bits per heavy atom. The highest BCUT2D eigenvalue weighted by Gasteiger charge is 2.55. The van der Waals surface area contributed by atoms with Gasteiger partial charge in [-0.15, -0.1) is 0 Å². The lowest BCUT2D eigenvalue weighted by atomic mass is 10.0. The van der Waals surface area contributed by atoms with E-state index in [1.54, 1.807) is 115 Å². The molecule has 1 aliphatic carbocycles. The number of hydrogen-bond acceptors (Lipinski definition) is 26. The van der Waals surface area contributed by atoms with Gasteiger partial charge in [0.25, 0.3) is 23.6 Å². The van der Waals surface area contributed by atoms with Gasteiger partial charge in [-0.05, 0) is 163 Å². The minimum atomic E-state index is -2.87. The van der Waals surface area contributed by atoms with E-state index in [1.807, 2.05) is 18.3 Å². The molecule has 37 heteroatoms. The minimum Gasteiger partial charge on any atom is -0.493 e. The monoisotopic (exact) mass is 1870 g/mol. The number of anilines is 3. The van der Waals surface area contributed by atoms with Crippen molar-refractivity contribution in [2.75, 3.05) is 161 Å². The van der Waals surface area contributed by atoms with E-state index in [9.17, 15) is 33.6 Å². The molecule has 0 spiro atoms. The summed E-state index contributed by atoms with van der Waals surface area (Å²) in [7, 11) is -2.59. The van der Waals surface area contributed by atoms with Crippen molar-refractivity contribution in [2.24, 2.45) is 11.8 Å². The summed E-state index contributed by atoms with van der Waals surface area (Å²) in [5.74, 6) is -2.40. The van der Waals surface area contributed by atoms with Gasteiger partial charge >= 0.3 is 12.2 Å². The molecule has 0 saturated heterocycles. The van der Waals surface area contributed by atoms with E-state index < -0.39 is 112 Å². The lowest BCUT2D eigenvalue weighted by Crippen LogP contribution is -2.58. The predicted octanol–water partition coefficient (Wildman–Crippen LogP) is 12.1. The third-order valence-corrected chi connectivity index (χ3v) is 32.4. The minimum absolute atomic E-state index is 0.0206. The highest BCUT2D eigenvalue weighted by atomic mass is 28.4. The number of rotatable bonds is 50. The summed E-state index contributed by atoms with van der Waals surface area (Å²) in [6.07, 6.45) is 5.70. The molecule has 726 valence electrons. The van der Waals surface area contributed by atoms with Crippen LogP contribution in [-0.2, 0) is 85.0 Å². The van der Waals surface area contributed by atoms with Crippen molar-refractivity contribution in [3.63, 3.8) is 0 Å². The summed E-state index contributed by atoms with van der Waals surface area (Å²) in [6, 6.07) is 10.2. The Kier molecular flexibility index (Phi) is 38.2. The summed E-state index contributed by atoms with van der Waals surface area (Å²) in [4.78, 5) is 144. The fourth-order valence-electron chi connectivity index (χ4n) is 14.3. The number of carbonyl (C=O) groups is 10. The van der Waals surface area contributed by atoms with Gasteiger partial charge in [0, 0.05) is 74.7 Å². The molecule has 0 bridgehead atoms. The van der Waals surface area contributed by atoms with Crippen LogP contribution in [0.25, 0.3) is 5.57 Å². The third-order valence-electron chi connectivity index (χ3n) is 23.5. The number of carbonyl (C=O) groups excluding carboxylic acids is 10. The van der Waals surface area contributed by atoms with Crippen molar-refractivity contribution < 1.29 is 123 Å².